The Morgan fingerprint density at radius 1 is 1.22 bits per heavy atom. The second-order valence-corrected chi connectivity index (χ2v) is 4.22. The summed E-state index contributed by atoms with van der Waals surface area (Å²) in [6, 6.07) is 9.51. The molecule has 0 saturated heterocycles. The molecular weight excluding hydrogens is 248 g/mol. The first-order chi connectivity index (χ1) is 8.79. The molecule has 0 saturated carbocycles. The zero-order valence-corrected chi connectivity index (χ0v) is 10.9. The van der Waals surface area contributed by atoms with Crippen molar-refractivity contribution in [3.63, 3.8) is 0 Å². The molecule has 18 heavy (non-hydrogen) atoms. The molecule has 1 aromatic heterocycles. The van der Waals surface area contributed by atoms with Gasteiger partial charge in [0.25, 0.3) is 0 Å². The fourth-order valence-corrected chi connectivity index (χ4v) is 1.79. The van der Waals surface area contributed by atoms with Crippen molar-refractivity contribution in [3.8, 4) is 5.75 Å². The Morgan fingerprint density at radius 2 is 2.00 bits per heavy atom. The van der Waals surface area contributed by atoms with E-state index in [-0.39, 0.29) is 0 Å². The smallest absolute Gasteiger partial charge is 0.142 e. The summed E-state index contributed by atoms with van der Waals surface area (Å²) < 4.78 is 5.55. The standard InChI is InChI=1S/C14H15ClN2O/c1-2-18-14-4-3-12(15)9-13(14)17-10-11-5-7-16-8-6-11/h3-9,17H,2,10H2,1H3. The van der Waals surface area contributed by atoms with Gasteiger partial charge in [0.2, 0.25) is 0 Å². The highest BCUT2D eigenvalue weighted by Crippen LogP contribution is 2.28. The number of ether oxygens (including phenoxy) is 1. The lowest BCUT2D eigenvalue weighted by Crippen LogP contribution is -2.02. The van der Waals surface area contributed by atoms with Crippen LogP contribution in [0.5, 0.6) is 5.75 Å². The molecule has 2 rings (SSSR count). The van der Waals surface area contributed by atoms with Crippen LogP contribution in [0, 0.1) is 0 Å². The summed E-state index contributed by atoms with van der Waals surface area (Å²) in [6.45, 7) is 3.30. The van der Waals surface area contributed by atoms with Crippen molar-refractivity contribution in [3.05, 3.63) is 53.3 Å². The van der Waals surface area contributed by atoms with Crippen molar-refractivity contribution >= 4 is 17.3 Å². The minimum atomic E-state index is 0.631. The lowest BCUT2D eigenvalue weighted by atomic mass is 10.2. The Labute approximate surface area is 112 Å². The number of aromatic nitrogens is 1. The molecule has 1 heterocycles. The summed E-state index contributed by atoms with van der Waals surface area (Å²) in [7, 11) is 0. The van der Waals surface area contributed by atoms with Crippen molar-refractivity contribution in [1.29, 1.82) is 0 Å². The van der Waals surface area contributed by atoms with E-state index in [1.54, 1.807) is 12.4 Å². The normalized spacial score (nSPS) is 10.1. The molecule has 0 amide bonds. The van der Waals surface area contributed by atoms with Crippen LogP contribution in [0.2, 0.25) is 5.02 Å². The van der Waals surface area contributed by atoms with Crippen molar-refractivity contribution in [2.45, 2.75) is 13.5 Å². The third kappa shape index (κ3) is 3.37. The van der Waals surface area contributed by atoms with Crippen molar-refractivity contribution in [2.24, 2.45) is 0 Å². The van der Waals surface area contributed by atoms with E-state index in [0.29, 0.717) is 18.2 Å². The van der Waals surface area contributed by atoms with Crippen LogP contribution in [-0.2, 0) is 6.54 Å². The van der Waals surface area contributed by atoms with Crippen molar-refractivity contribution in [1.82, 2.24) is 4.98 Å². The molecule has 0 aliphatic rings. The average Bonchev–Trinajstić information content (AvgIpc) is 2.40. The van der Waals surface area contributed by atoms with Crippen LogP contribution in [0.25, 0.3) is 0 Å². The van der Waals surface area contributed by atoms with Gasteiger partial charge in [0.1, 0.15) is 5.75 Å². The van der Waals surface area contributed by atoms with Gasteiger partial charge in [-0.25, -0.2) is 0 Å². The highest BCUT2D eigenvalue weighted by atomic mass is 35.5. The van der Waals surface area contributed by atoms with E-state index in [1.807, 2.05) is 37.3 Å². The molecule has 0 bridgehead atoms. The zero-order valence-electron chi connectivity index (χ0n) is 10.2. The molecule has 0 atom stereocenters. The number of nitrogens with zero attached hydrogens (tertiary/aromatic N) is 1. The SMILES string of the molecule is CCOc1ccc(Cl)cc1NCc1ccncc1. The molecule has 4 heteroatoms. The van der Waals surface area contributed by atoms with Gasteiger partial charge in [-0.3, -0.25) is 4.98 Å². The van der Waals surface area contributed by atoms with Gasteiger partial charge in [0.05, 0.1) is 12.3 Å². The molecule has 0 aliphatic carbocycles. The van der Waals surface area contributed by atoms with Crippen molar-refractivity contribution < 1.29 is 4.74 Å². The van der Waals surface area contributed by atoms with Crippen LogP contribution in [-0.4, -0.2) is 11.6 Å². The lowest BCUT2D eigenvalue weighted by Gasteiger charge is -2.12. The number of hydrogen-bond acceptors (Lipinski definition) is 3. The number of pyridine rings is 1. The number of nitrogens with one attached hydrogen (secondary N) is 1. The highest BCUT2D eigenvalue weighted by Gasteiger charge is 2.04. The Morgan fingerprint density at radius 3 is 2.72 bits per heavy atom. The van der Waals surface area contributed by atoms with E-state index in [2.05, 4.69) is 10.3 Å². The topological polar surface area (TPSA) is 34.1 Å². The van der Waals surface area contributed by atoms with Gasteiger partial charge in [-0.05, 0) is 42.8 Å². The first-order valence-corrected chi connectivity index (χ1v) is 6.22. The Hall–Kier alpha value is -1.74. The van der Waals surface area contributed by atoms with Gasteiger partial charge in [0, 0.05) is 24.0 Å². The van der Waals surface area contributed by atoms with Crippen LogP contribution in [0.3, 0.4) is 0 Å². The summed E-state index contributed by atoms with van der Waals surface area (Å²) in [5, 5.41) is 4.01. The van der Waals surface area contributed by atoms with E-state index < -0.39 is 0 Å². The number of rotatable bonds is 5. The van der Waals surface area contributed by atoms with Gasteiger partial charge in [-0.2, -0.15) is 0 Å². The monoisotopic (exact) mass is 262 g/mol. The second kappa shape index (κ2) is 6.26. The molecule has 0 spiro atoms. The second-order valence-electron chi connectivity index (χ2n) is 3.78. The molecule has 0 radical (unpaired) electrons. The van der Waals surface area contributed by atoms with Crippen LogP contribution in [0.15, 0.2) is 42.7 Å². The molecule has 94 valence electrons. The fourth-order valence-electron chi connectivity index (χ4n) is 1.62. The number of halogens is 1. The zero-order chi connectivity index (χ0) is 12.8. The van der Waals surface area contributed by atoms with Crippen molar-refractivity contribution in [2.75, 3.05) is 11.9 Å². The molecule has 0 fully saturated rings. The quantitative estimate of drug-likeness (QED) is 0.891. The van der Waals surface area contributed by atoms with Gasteiger partial charge in [-0.1, -0.05) is 11.6 Å². The van der Waals surface area contributed by atoms with E-state index in [1.165, 1.54) is 0 Å². The van der Waals surface area contributed by atoms with Gasteiger partial charge in [0.15, 0.2) is 0 Å². The molecule has 1 N–H and O–H groups in total. The maximum atomic E-state index is 5.99. The number of benzene rings is 1. The number of hydrogen-bond donors (Lipinski definition) is 1. The Balaban J connectivity index is 2.10. The Bertz CT molecular complexity index is 502. The van der Waals surface area contributed by atoms with Gasteiger partial charge >= 0.3 is 0 Å². The highest BCUT2D eigenvalue weighted by molar-refractivity contribution is 6.30. The molecule has 0 unspecified atom stereocenters. The predicted molar refractivity (Wildman–Crippen MR) is 74.2 cm³/mol. The predicted octanol–water partition coefficient (Wildman–Crippen LogP) is 3.75. The van der Waals surface area contributed by atoms with E-state index in [0.717, 1.165) is 17.0 Å². The van der Waals surface area contributed by atoms with E-state index >= 15 is 0 Å². The average molecular weight is 263 g/mol. The van der Waals surface area contributed by atoms with Gasteiger partial charge in [-0.15, -0.1) is 0 Å². The molecule has 0 aliphatic heterocycles. The number of anilines is 1. The first kappa shape index (κ1) is 12.7. The van der Waals surface area contributed by atoms with Crippen LogP contribution >= 0.6 is 11.6 Å². The van der Waals surface area contributed by atoms with Crippen LogP contribution in [0.1, 0.15) is 12.5 Å². The third-order valence-electron chi connectivity index (χ3n) is 2.47. The maximum Gasteiger partial charge on any atom is 0.142 e. The molecule has 2 aromatic rings. The minimum absolute atomic E-state index is 0.631. The first-order valence-electron chi connectivity index (χ1n) is 5.84. The van der Waals surface area contributed by atoms with Crippen LogP contribution < -0.4 is 10.1 Å². The summed E-state index contributed by atoms with van der Waals surface area (Å²) in [5.74, 6) is 0.816. The molecule has 1 aromatic carbocycles. The molecular formula is C14H15ClN2O. The molecule has 3 nitrogen and oxygen atoms in total. The Kier molecular flexibility index (Phi) is 4.42. The summed E-state index contributed by atoms with van der Waals surface area (Å²) in [4.78, 5) is 3.99. The maximum absolute atomic E-state index is 5.99. The summed E-state index contributed by atoms with van der Waals surface area (Å²) in [5.41, 5.74) is 2.06. The fraction of sp³-hybridized carbons (Fsp3) is 0.214. The van der Waals surface area contributed by atoms with Crippen LogP contribution in [0.4, 0.5) is 5.69 Å². The van der Waals surface area contributed by atoms with Gasteiger partial charge < -0.3 is 10.1 Å². The minimum Gasteiger partial charge on any atom is -0.492 e. The lowest BCUT2D eigenvalue weighted by molar-refractivity contribution is 0.341. The summed E-state index contributed by atoms with van der Waals surface area (Å²) >= 11 is 5.99. The van der Waals surface area contributed by atoms with E-state index in [9.17, 15) is 0 Å². The largest absolute Gasteiger partial charge is 0.492 e. The third-order valence-corrected chi connectivity index (χ3v) is 2.71. The van der Waals surface area contributed by atoms with E-state index in [4.69, 9.17) is 16.3 Å². The summed E-state index contributed by atoms with van der Waals surface area (Å²) in [6.07, 6.45) is 3.55.